The lowest BCUT2D eigenvalue weighted by Crippen LogP contribution is -2.40. The molecule has 2 aromatic carbocycles. The first-order valence-electron chi connectivity index (χ1n) is 11.4. The van der Waals surface area contributed by atoms with Gasteiger partial charge < -0.3 is 20.1 Å². The second-order valence-electron chi connectivity index (χ2n) is 8.73. The van der Waals surface area contributed by atoms with Crippen LogP contribution in [-0.2, 0) is 14.3 Å². The van der Waals surface area contributed by atoms with Gasteiger partial charge in [-0.25, -0.2) is 4.79 Å². The van der Waals surface area contributed by atoms with Crippen LogP contribution in [0.15, 0.2) is 48.5 Å². The third-order valence-corrected chi connectivity index (χ3v) is 6.01. The van der Waals surface area contributed by atoms with Gasteiger partial charge in [0.2, 0.25) is 5.91 Å². The molecule has 7 nitrogen and oxygen atoms in total. The molecule has 1 aliphatic carbocycles. The molecule has 1 aliphatic rings. The first-order valence-corrected chi connectivity index (χ1v) is 11.4. The number of amides is 2. The molecule has 1 atom stereocenters. The summed E-state index contributed by atoms with van der Waals surface area (Å²) < 4.78 is 5.56. The first kappa shape index (κ1) is 24.3. The van der Waals surface area contributed by atoms with Crippen molar-refractivity contribution in [3.8, 4) is 11.1 Å². The van der Waals surface area contributed by atoms with Crippen molar-refractivity contribution >= 4 is 18.0 Å². The fourth-order valence-electron chi connectivity index (χ4n) is 4.28. The summed E-state index contributed by atoms with van der Waals surface area (Å²) in [4.78, 5) is 37.3. The van der Waals surface area contributed by atoms with Gasteiger partial charge in [-0.1, -0.05) is 48.5 Å². The number of hydrogen-bond donors (Lipinski definition) is 2. The maximum absolute atomic E-state index is 12.5. The Balaban J connectivity index is 1.49. The van der Waals surface area contributed by atoms with E-state index in [-0.39, 0.29) is 49.9 Å². The average molecular weight is 453 g/mol. The van der Waals surface area contributed by atoms with Crippen molar-refractivity contribution in [1.29, 1.82) is 0 Å². The van der Waals surface area contributed by atoms with Crippen LogP contribution >= 0.6 is 0 Å². The van der Waals surface area contributed by atoms with E-state index in [9.17, 15) is 14.4 Å². The Labute approximate surface area is 194 Å². The third-order valence-electron chi connectivity index (χ3n) is 6.01. The van der Waals surface area contributed by atoms with E-state index in [1.807, 2.05) is 45.0 Å². The molecular weight excluding hydrogens is 420 g/mol. The van der Waals surface area contributed by atoms with Crippen molar-refractivity contribution in [2.75, 3.05) is 13.2 Å². The van der Waals surface area contributed by atoms with Crippen molar-refractivity contribution in [3.63, 3.8) is 0 Å². The van der Waals surface area contributed by atoms with Crippen molar-refractivity contribution in [2.45, 2.75) is 58.0 Å². The van der Waals surface area contributed by atoms with Crippen LogP contribution < -0.4 is 5.32 Å². The first-order chi connectivity index (χ1) is 15.8. The number of hydrogen-bond acceptors (Lipinski definition) is 4. The molecule has 0 fully saturated rings. The molecule has 0 bridgehead atoms. The molecule has 2 N–H and O–H groups in total. The number of carboxylic acids is 1. The molecular formula is C26H32N2O5. The highest BCUT2D eigenvalue weighted by Gasteiger charge is 2.29. The molecule has 0 radical (unpaired) electrons. The van der Waals surface area contributed by atoms with E-state index in [2.05, 4.69) is 29.6 Å². The summed E-state index contributed by atoms with van der Waals surface area (Å²) in [6.45, 7) is 5.96. The largest absolute Gasteiger partial charge is 0.481 e. The molecule has 0 aromatic heterocycles. The summed E-state index contributed by atoms with van der Waals surface area (Å²) in [7, 11) is 0. The molecule has 0 spiro atoms. The van der Waals surface area contributed by atoms with Crippen LogP contribution in [0.3, 0.4) is 0 Å². The third kappa shape index (κ3) is 6.12. The van der Waals surface area contributed by atoms with E-state index in [0.29, 0.717) is 6.42 Å². The monoisotopic (exact) mass is 452 g/mol. The van der Waals surface area contributed by atoms with Crippen LogP contribution in [0.4, 0.5) is 4.79 Å². The second-order valence-corrected chi connectivity index (χ2v) is 8.73. The van der Waals surface area contributed by atoms with E-state index in [0.717, 1.165) is 11.1 Å². The van der Waals surface area contributed by atoms with Gasteiger partial charge >= 0.3 is 12.1 Å². The normalized spacial score (nSPS) is 13.2. The van der Waals surface area contributed by atoms with Crippen LogP contribution in [0.1, 0.15) is 57.1 Å². The summed E-state index contributed by atoms with van der Waals surface area (Å²) >= 11 is 0. The van der Waals surface area contributed by atoms with E-state index < -0.39 is 12.1 Å². The highest BCUT2D eigenvalue weighted by Crippen LogP contribution is 2.44. The molecule has 33 heavy (non-hydrogen) atoms. The van der Waals surface area contributed by atoms with Crippen molar-refractivity contribution in [3.05, 3.63) is 59.7 Å². The van der Waals surface area contributed by atoms with Crippen molar-refractivity contribution < 1.29 is 24.2 Å². The summed E-state index contributed by atoms with van der Waals surface area (Å²) in [5, 5.41) is 11.7. The van der Waals surface area contributed by atoms with E-state index in [1.54, 1.807) is 4.90 Å². The number of carbonyl (C=O) groups is 3. The fraction of sp³-hybridized carbons (Fsp3) is 0.423. The number of carboxylic acid groups (broad SMARTS) is 1. The quantitative estimate of drug-likeness (QED) is 0.557. The highest BCUT2D eigenvalue weighted by atomic mass is 16.5. The smallest absolute Gasteiger partial charge is 0.407 e. The Bertz CT molecular complexity index is 958. The maximum Gasteiger partial charge on any atom is 0.407 e. The van der Waals surface area contributed by atoms with Crippen LogP contribution in [0.5, 0.6) is 0 Å². The lowest BCUT2D eigenvalue weighted by molar-refractivity contribution is -0.139. The SMILES string of the molecule is CC(CCC(=O)N(CCC(=O)O)C(C)C)NC(=O)OCC1c2ccccc2-c2ccccc21. The summed E-state index contributed by atoms with van der Waals surface area (Å²) in [5.74, 6) is -1.06. The highest BCUT2D eigenvalue weighted by molar-refractivity contribution is 5.79. The number of nitrogens with one attached hydrogen (secondary N) is 1. The van der Waals surface area contributed by atoms with Crippen LogP contribution in [-0.4, -0.2) is 53.2 Å². The standard InChI is InChI=1S/C26H32N2O5/c1-17(2)28(15-14-25(30)31)24(29)13-12-18(3)27-26(32)33-16-23-21-10-6-4-8-19(21)20-9-5-7-11-22(20)23/h4-11,17-18,23H,12-16H2,1-3H3,(H,27,32)(H,30,31). The molecule has 0 heterocycles. The number of nitrogens with zero attached hydrogens (tertiary/aromatic N) is 1. The van der Waals surface area contributed by atoms with Crippen LogP contribution in [0, 0.1) is 0 Å². The Morgan fingerprint density at radius 1 is 0.970 bits per heavy atom. The Kier molecular flexibility index (Phi) is 8.09. The van der Waals surface area contributed by atoms with Crippen molar-refractivity contribution in [2.24, 2.45) is 0 Å². The minimum atomic E-state index is -0.932. The van der Waals surface area contributed by atoms with Gasteiger partial charge in [-0.2, -0.15) is 0 Å². The van der Waals surface area contributed by atoms with Gasteiger partial charge in [-0.15, -0.1) is 0 Å². The molecule has 176 valence electrons. The molecule has 0 aliphatic heterocycles. The maximum atomic E-state index is 12.5. The number of aliphatic carboxylic acids is 1. The molecule has 3 rings (SSSR count). The fourth-order valence-corrected chi connectivity index (χ4v) is 4.28. The van der Waals surface area contributed by atoms with E-state index >= 15 is 0 Å². The number of alkyl carbamates (subject to hydrolysis) is 1. The van der Waals surface area contributed by atoms with Gasteiger partial charge in [-0.3, -0.25) is 9.59 Å². The van der Waals surface area contributed by atoms with Gasteiger partial charge in [0.25, 0.3) is 0 Å². The lowest BCUT2D eigenvalue weighted by Gasteiger charge is -2.27. The zero-order valence-corrected chi connectivity index (χ0v) is 19.4. The number of benzene rings is 2. The topological polar surface area (TPSA) is 95.9 Å². The molecule has 7 heteroatoms. The number of fused-ring (bicyclic) bond motifs is 3. The van der Waals surface area contributed by atoms with E-state index in [4.69, 9.17) is 9.84 Å². The summed E-state index contributed by atoms with van der Waals surface area (Å²) in [6.07, 6.45) is 0.0720. The Morgan fingerprint density at radius 3 is 2.09 bits per heavy atom. The molecule has 0 saturated carbocycles. The van der Waals surface area contributed by atoms with Gasteiger partial charge in [0, 0.05) is 31.0 Å². The van der Waals surface area contributed by atoms with Crippen LogP contribution in [0.2, 0.25) is 0 Å². The van der Waals surface area contributed by atoms with Gasteiger partial charge in [0.15, 0.2) is 0 Å². The Morgan fingerprint density at radius 2 is 1.55 bits per heavy atom. The number of ether oxygens (including phenoxy) is 1. The molecule has 0 saturated heterocycles. The zero-order chi connectivity index (χ0) is 24.0. The molecule has 1 unspecified atom stereocenters. The minimum Gasteiger partial charge on any atom is -0.481 e. The van der Waals surface area contributed by atoms with Crippen LogP contribution in [0.25, 0.3) is 11.1 Å². The average Bonchev–Trinajstić information content (AvgIpc) is 3.10. The van der Waals surface area contributed by atoms with Gasteiger partial charge in [0.1, 0.15) is 6.61 Å². The Hall–Kier alpha value is -3.35. The predicted molar refractivity (Wildman–Crippen MR) is 126 cm³/mol. The van der Waals surface area contributed by atoms with Crippen molar-refractivity contribution in [1.82, 2.24) is 10.2 Å². The zero-order valence-electron chi connectivity index (χ0n) is 19.4. The van der Waals surface area contributed by atoms with Gasteiger partial charge in [0.05, 0.1) is 6.42 Å². The number of rotatable bonds is 10. The second kappa shape index (κ2) is 11.0. The molecule has 2 aromatic rings. The lowest BCUT2D eigenvalue weighted by atomic mass is 9.98. The number of carbonyl (C=O) groups excluding carboxylic acids is 2. The van der Waals surface area contributed by atoms with E-state index in [1.165, 1.54) is 11.1 Å². The summed E-state index contributed by atoms with van der Waals surface area (Å²) in [5.41, 5.74) is 4.65. The molecule has 2 amide bonds. The predicted octanol–water partition coefficient (Wildman–Crippen LogP) is 4.41. The van der Waals surface area contributed by atoms with Gasteiger partial charge in [-0.05, 0) is 49.4 Å². The minimum absolute atomic E-state index is 0.00568. The summed E-state index contributed by atoms with van der Waals surface area (Å²) in [6, 6.07) is 16.0.